The third-order valence-corrected chi connectivity index (χ3v) is 10.7. The van der Waals surface area contributed by atoms with Gasteiger partial charge in [0.25, 0.3) is 0 Å². The highest BCUT2D eigenvalue weighted by Gasteiger charge is 2.40. The highest BCUT2D eigenvalue weighted by molar-refractivity contribution is 7.23. The number of ether oxygens (including phenoxy) is 2. The number of hydrogen-bond donors (Lipinski definition) is 2. The Morgan fingerprint density at radius 1 is 1.30 bits per heavy atom. The number of rotatable bonds is 10. The van der Waals surface area contributed by atoms with Gasteiger partial charge in [-0.2, -0.15) is 15.2 Å². The van der Waals surface area contributed by atoms with Gasteiger partial charge in [-0.3, -0.25) is 4.90 Å². The van der Waals surface area contributed by atoms with Crippen LogP contribution in [-0.4, -0.2) is 96.7 Å². The lowest BCUT2D eigenvalue weighted by atomic mass is 9.97. The van der Waals surface area contributed by atoms with Crippen molar-refractivity contribution in [1.82, 2.24) is 19.8 Å². The van der Waals surface area contributed by atoms with Gasteiger partial charge in [-0.15, -0.1) is 11.3 Å². The summed E-state index contributed by atoms with van der Waals surface area (Å²) < 4.78 is 43.7. The number of likely N-dealkylation sites (tertiary alicyclic amines) is 2. The molecule has 14 heteroatoms. The molecule has 0 saturated carbocycles. The molecule has 2 saturated heterocycles. The summed E-state index contributed by atoms with van der Waals surface area (Å²) >= 11 is 7.78. The van der Waals surface area contributed by atoms with E-state index < -0.39 is 17.9 Å². The van der Waals surface area contributed by atoms with E-state index in [1.807, 2.05) is 30.0 Å². The second-order valence-electron chi connectivity index (χ2n) is 12.0. The summed E-state index contributed by atoms with van der Waals surface area (Å²) in [6.07, 6.45) is 3.26. The molecule has 6 rings (SSSR count). The molecule has 3 unspecified atom stereocenters. The number of aliphatic hydroxyl groups excluding tert-OH is 1. The Hall–Kier alpha value is -3.64. The van der Waals surface area contributed by atoms with Crippen molar-refractivity contribution in [3.8, 4) is 23.2 Å². The molecule has 4 atom stereocenters. The Kier molecular flexibility index (Phi) is 9.53. The Morgan fingerprint density at radius 3 is 2.77 bits per heavy atom. The van der Waals surface area contributed by atoms with Crippen molar-refractivity contribution in [2.75, 3.05) is 58.1 Å². The molecule has 2 fully saturated rings. The predicted octanol–water partition coefficient (Wildman–Crippen LogP) is 5.40. The molecule has 0 radical (unpaired) electrons. The van der Waals surface area contributed by atoms with Crippen LogP contribution in [0.5, 0.6) is 6.01 Å². The van der Waals surface area contributed by atoms with E-state index in [-0.39, 0.29) is 66.5 Å². The molecule has 2 aliphatic heterocycles. The molecule has 2 aliphatic rings. The van der Waals surface area contributed by atoms with Crippen molar-refractivity contribution in [2.45, 2.75) is 43.6 Å². The fourth-order valence-electron chi connectivity index (χ4n) is 6.92. The zero-order valence-corrected chi connectivity index (χ0v) is 27.9. The zero-order valence-electron chi connectivity index (χ0n) is 26.3. The van der Waals surface area contributed by atoms with Gasteiger partial charge < -0.3 is 30.1 Å². The minimum atomic E-state index is -0.871. The number of likely N-dealkylation sites (N-methyl/N-ethyl adjacent to an activating group) is 2. The minimum Gasteiger partial charge on any atom is -0.462 e. The Balaban J connectivity index is 1.52. The number of thiophene rings is 1. The number of aliphatic hydroxyl groups is 1. The van der Waals surface area contributed by atoms with Crippen molar-refractivity contribution in [2.24, 2.45) is 0 Å². The van der Waals surface area contributed by atoms with E-state index in [2.05, 4.69) is 16.5 Å². The molecular weight excluding hydrogens is 648 g/mol. The van der Waals surface area contributed by atoms with Crippen LogP contribution in [0, 0.1) is 23.0 Å². The molecule has 4 aromatic rings. The van der Waals surface area contributed by atoms with Crippen LogP contribution < -0.4 is 15.4 Å². The number of nitriles is 1. The average Bonchev–Trinajstić information content (AvgIpc) is 3.77. The quantitative estimate of drug-likeness (QED) is 0.210. The van der Waals surface area contributed by atoms with Crippen LogP contribution in [0.2, 0.25) is 5.02 Å². The van der Waals surface area contributed by atoms with Gasteiger partial charge in [-0.05, 0) is 56.6 Å². The lowest BCUT2D eigenvalue weighted by Crippen LogP contribution is -2.49. The summed E-state index contributed by atoms with van der Waals surface area (Å²) in [5.41, 5.74) is 6.27. The average molecular weight is 684 g/mol. The summed E-state index contributed by atoms with van der Waals surface area (Å²) in [7, 11) is 5.48. The standard InChI is InChI=1S/C33H36ClF2N7O3S/c1-5-25(44)43-12-10-23(24(43)16-45-4)42(3)32-19-13-21(34)27(18-8-9-22(35)30-26(18)20(14-37)31(38)47-30)28(36)29(19)39-33(40-32)46-15-17-7-6-11-41(17)2/h5,8-9,13,17,23-25,44H,1,6-7,10-12,15-16,38H2,2-4H3/t17-,23?,24?,25?/m0/s1. The van der Waals surface area contributed by atoms with Gasteiger partial charge in [0.2, 0.25) is 0 Å². The zero-order chi connectivity index (χ0) is 33.6. The summed E-state index contributed by atoms with van der Waals surface area (Å²) in [6.45, 7) is 5.91. The van der Waals surface area contributed by atoms with Crippen LogP contribution in [0.15, 0.2) is 30.9 Å². The SMILES string of the molecule is C=CC(O)N1CCC(N(C)c2nc(OC[C@@H]3CCCN3C)nc3c(F)c(-c4ccc(F)c5sc(N)c(C#N)c45)c(Cl)cc23)C1COC. The van der Waals surface area contributed by atoms with Crippen LogP contribution in [0.4, 0.5) is 19.6 Å². The molecule has 4 heterocycles. The maximum atomic E-state index is 17.0. The van der Waals surface area contributed by atoms with E-state index in [0.717, 1.165) is 30.7 Å². The van der Waals surface area contributed by atoms with Crippen molar-refractivity contribution in [3.63, 3.8) is 0 Å². The molecule has 2 aromatic heterocycles. The van der Waals surface area contributed by atoms with Crippen molar-refractivity contribution in [3.05, 3.63) is 53.1 Å². The molecule has 2 aromatic carbocycles. The second kappa shape index (κ2) is 13.5. The van der Waals surface area contributed by atoms with Gasteiger partial charge in [-0.1, -0.05) is 24.2 Å². The number of nitrogens with zero attached hydrogens (tertiary/aromatic N) is 6. The maximum absolute atomic E-state index is 17.0. The molecule has 0 aliphatic carbocycles. The van der Waals surface area contributed by atoms with E-state index >= 15 is 4.39 Å². The van der Waals surface area contributed by atoms with Gasteiger partial charge in [-0.25, -0.2) is 8.78 Å². The largest absolute Gasteiger partial charge is 0.462 e. The Labute approximate surface area is 280 Å². The molecule has 0 amide bonds. The number of aromatic nitrogens is 2. The number of fused-ring (bicyclic) bond motifs is 2. The number of benzene rings is 2. The first-order chi connectivity index (χ1) is 22.6. The third kappa shape index (κ3) is 5.88. The van der Waals surface area contributed by atoms with Crippen LogP contribution in [0.1, 0.15) is 24.8 Å². The van der Waals surface area contributed by atoms with Crippen LogP contribution in [-0.2, 0) is 4.74 Å². The number of nitrogens with two attached hydrogens (primary N) is 1. The molecular formula is C33H36ClF2N7O3S. The lowest BCUT2D eigenvalue weighted by molar-refractivity contribution is 0.00370. The summed E-state index contributed by atoms with van der Waals surface area (Å²) in [6, 6.07) is 5.96. The van der Waals surface area contributed by atoms with Gasteiger partial charge in [0.05, 0.1) is 27.9 Å². The Bertz CT molecular complexity index is 1890. The van der Waals surface area contributed by atoms with E-state index in [1.54, 1.807) is 13.2 Å². The normalized spacial score (nSPS) is 21.0. The topological polar surface area (TPSA) is 124 Å². The number of nitrogen functional groups attached to an aromatic ring is 1. The molecule has 0 bridgehead atoms. The molecule has 0 spiro atoms. The first-order valence-corrected chi connectivity index (χ1v) is 16.5. The number of hydrogen-bond acceptors (Lipinski definition) is 11. The highest BCUT2D eigenvalue weighted by atomic mass is 35.5. The number of anilines is 2. The summed E-state index contributed by atoms with van der Waals surface area (Å²) in [5, 5.41) is 21.2. The fourth-order valence-corrected chi connectivity index (χ4v) is 8.16. The minimum absolute atomic E-state index is 0.00200. The van der Waals surface area contributed by atoms with Crippen LogP contribution in [0.3, 0.4) is 0 Å². The predicted molar refractivity (Wildman–Crippen MR) is 181 cm³/mol. The van der Waals surface area contributed by atoms with Crippen LogP contribution in [0.25, 0.3) is 32.1 Å². The smallest absolute Gasteiger partial charge is 0.319 e. The first-order valence-electron chi connectivity index (χ1n) is 15.3. The van der Waals surface area contributed by atoms with Gasteiger partial charge in [0.1, 0.15) is 41.1 Å². The van der Waals surface area contributed by atoms with Crippen molar-refractivity contribution in [1.29, 1.82) is 5.26 Å². The van der Waals surface area contributed by atoms with E-state index in [0.29, 0.717) is 37.4 Å². The van der Waals surface area contributed by atoms with E-state index in [4.69, 9.17) is 31.8 Å². The number of methoxy groups -OCH3 is 1. The fraction of sp³-hybridized carbons (Fsp3) is 0.424. The second-order valence-corrected chi connectivity index (χ2v) is 13.4. The van der Waals surface area contributed by atoms with E-state index in [9.17, 15) is 14.8 Å². The highest BCUT2D eigenvalue weighted by Crippen LogP contribution is 2.46. The summed E-state index contributed by atoms with van der Waals surface area (Å²) in [4.78, 5) is 15.4. The summed E-state index contributed by atoms with van der Waals surface area (Å²) in [5.74, 6) is -0.951. The molecule has 3 N–H and O–H groups in total. The Morgan fingerprint density at radius 2 is 2.09 bits per heavy atom. The molecule has 10 nitrogen and oxygen atoms in total. The maximum Gasteiger partial charge on any atom is 0.319 e. The first kappa shape index (κ1) is 33.3. The number of halogens is 3. The van der Waals surface area contributed by atoms with Crippen LogP contribution >= 0.6 is 22.9 Å². The van der Waals surface area contributed by atoms with Gasteiger partial charge >= 0.3 is 6.01 Å². The third-order valence-electron chi connectivity index (χ3n) is 9.39. The van der Waals surface area contributed by atoms with Crippen molar-refractivity contribution < 1.29 is 23.4 Å². The van der Waals surface area contributed by atoms with Crippen molar-refractivity contribution >= 4 is 54.7 Å². The molecule has 248 valence electrons. The van der Waals surface area contributed by atoms with Gasteiger partial charge in [0.15, 0.2) is 5.82 Å². The monoisotopic (exact) mass is 683 g/mol. The molecule has 47 heavy (non-hydrogen) atoms. The lowest BCUT2D eigenvalue weighted by Gasteiger charge is -2.35. The van der Waals surface area contributed by atoms with E-state index in [1.165, 1.54) is 18.2 Å². The van der Waals surface area contributed by atoms with Gasteiger partial charge in [0, 0.05) is 49.1 Å².